The van der Waals surface area contributed by atoms with Crippen molar-refractivity contribution in [3.05, 3.63) is 17.0 Å². The maximum Gasteiger partial charge on any atom is 0.391 e. The first-order chi connectivity index (χ1) is 9.79. The highest BCUT2D eigenvalue weighted by Gasteiger charge is 2.42. The van der Waals surface area contributed by atoms with Crippen LogP contribution in [0.2, 0.25) is 5.02 Å². The molecule has 1 aromatic heterocycles. The fraction of sp³-hybridized carbons (Fsp3) is 0.714. The molecule has 3 nitrogen and oxygen atoms in total. The zero-order valence-corrected chi connectivity index (χ0v) is 12.8. The Kier molecular flexibility index (Phi) is 4.96. The second-order valence-corrected chi connectivity index (χ2v) is 6.09. The molecular weight excluding hydrogens is 303 g/mol. The van der Waals surface area contributed by atoms with E-state index in [4.69, 9.17) is 11.6 Å². The predicted molar refractivity (Wildman–Crippen MR) is 76.4 cm³/mol. The summed E-state index contributed by atoms with van der Waals surface area (Å²) in [7, 11) is 0. The zero-order valence-electron chi connectivity index (χ0n) is 12.0. The Morgan fingerprint density at radius 1 is 1.24 bits per heavy atom. The molecule has 0 aromatic carbocycles. The van der Waals surface area contributed by atoms with E-state index in [9.17, 15) is 13.2 Å². The van der Waals surface area contributed by atoms with Gasteiger partial charge in [0.25, 0.3) is 0 Å². The largest absolute Gasteiger partial charge is 0.391 e. The Labute approximate surface area is 127 Å². The van der Waals surface area contributed by atoms with Crippen molar-refractivity contribution in [2.24, 2.45) is 11.8 Å². The lowest BCUT2D eigenvalue weighted by Crippen LogP contribution is -2.34. The molecule has 118 valence electrons. The molecular formula is C14H19ClF3N3. The van der Waals surface area contributed by atoms with Crippen molar-refractivity contribution in [2.75, 3.05) is 5.32 Å². The Bertz CT molecular complexity index is 485. The third-order valence-electron chi connectivity index (χ3n) is 4.30. The molecule has 1 fully saturated rings. The van der Waals surface area contributed by atoms with Gasteiger partial charge in [-0.1, -0.05) is 18.5 Å². The summed E-state index contributed by atoms with van der Waals surface area (Å²) in [5, 5.41) is 3.70. The lowest BCUT2D eigenvalue weighted by Gasteiger charge is -2.33. The molecule has 1 N–H and O–H groups in total. The van der Waals surface area contributed by atoms with Crippen molar-refractivity contribution >= 4 is 17.4 Å². The van der Waals surface area contributed by atoms with Crippen LogP contribution in [0.1, 0.15) is 38.3 Å². The summed E-state index contributed by atoms with van der Waals surface area (Å²) in [5.41, 5.74) is 0.688. The second-order valence-electron chi connectivity index (χ2n) is 5.71. The van der Waals surface area contributed by atoms with E-state index in [2.05, 4.69) is 15.3 Å². The van der Waals surface area contributed by atoms with Gasteiger partial charge in [-0.3, -0.25) is 0 Å². The van der Waals surface area contributed by atoms with Gasteiger partial charge in [0.15, 0.2) is 0 Å². The van der Waals surface area contributed by atoms with Crippen LogP contribution < -0.4 is 5.32 Å². The van der Waals surface area contributed by atoms with Crippen LogP contribution in [0.15, 0.2) is 6.33 Å². The summed E-state index contributed by atoms with van der Waals surface area (Å²) in [5.74, 6) is -0.953. The molecule has 1 atom stereocenters. The summed E-state index contributed by atoms with van der Waals surface area (Å²) >= 11 is 6.12. The monoisotopic (exact) mass is 321 g/mol. The van der Waals surface area contributed by atoms with Crippen molar-refractivity contribution < 1.29 is 13.2 Å². The maximum atomic E-state index is 12.7. The Morgan fingerprint density at radius 3 is 2.43 bits per heavy atom. The van der Waals surface area contributed by atoms with Gasteiger partial charge in [0.1, 0.15) is 17.2 Å². The number of nitrogens with zero attached hydrogens (tertiary/aromatic N) is 2. The molecule has 0 bridgehead atoms. The van der Waals surface area contributed by atoms with Gasteiger partial charge >= 0.3 is 6.18 Å². The molecule has 1 aliphatic rings. The number of alkyl halides is 3. The molecule has 0 saturated heterocycles. The lowest BCUT2D eigenvalue weighted by atomic mass is 9.78. The molecule has 1 aliphatic carbocycles. The van der Waals surface area contributed by atoms with E-state index >= 15 is 0 Å². The average Bonchev–Trinajstić information content (AvgIpc) is 2.43. The van der Waals surface area contributed by atoms with Gasteiger partial charge in [-0.2, -0.15) is 13.2 Å². The minimum absolute atomic E-state index is 0.119. The average molecular weight is 322 g/mol. The van der Waals surface area contributed by atoms with Crippen LogP contribution in [0.4, 0.5) is 19.0 Å². The fourth-order valence-corrected chi connectivity index (χ4v) is 2.93. The smallest absolute Gasteiger partial charge is 0.366 e. The number of anilines is 1. The standard InChI is InChI=1S/C14H19ClF3N3/c1-8(14(16,17)18)10-3-5-11(6-4-10)21-13-12(15)9(2)19-7-20-13/h7-8,10-11H,3-6H2,1-2H3,(H,19,20,21). The first-order valence-corrected chi connectivity index (χ1v) is 7.47. The fourth-order valence-electron chi connectivity index (χ4n) is 2.78. The number of hydrogen-bond donors (Lipinski definition) is 1. The number of aromatic nitrogens is 2. The van der Waals surface area contributed by atoms with Crippen LogP contribution in [0.25, 0.3) is 0 Å². The Balaban J connectivity index is 1.91. The van der Waals surface area contributed by atoms with Crippen molar-refractivity contribution in [2.45, 2.75) is 51.7 Å². The summed E-state index contributed by atoms with van der Waals surface area (Å²) < 4.78 is 38.2. The molecule has 1 aromatic rings. The quantitative estimate of drug-likeness (QED) is 0.883. The van der Waals surface area contributed by atoms with Gasteiger partial charge in [-0.15, -0.1) is 0 Å². The molecule has 1 saturated carbocycles. The minimum Gasteiger partial charge on any atom is -0.366 e. The molecule has 0 amide bonds. The van der Waals surface area contributed by atoms with Crippen LogP contribution in [-0.2, 0) is 0 Å². The normalized spacial score (nSPS) is 24.7. The Hall–Kier alpha value is -1.04. The molecule has 0 aliphatic heterocycles. The number of hydrogen-bond acceptors (Lipinski definition) is 3. The number of halogens is 4. The molecule has 1 heterocycles. The summed E-state index contributed by atoms with van der Waals surface area (Å²) in [6, 6.07) is 0.119. The zero-order chi connectivity index (χ0) is 15.6. The van der Waals surface area contributed by atoms with Gasteiger partial charge in [-0.25, -0.2) is 9.97 Å². The van der Waals surface area contributed by atoms with Gasteiger partial charge < -0.3 is 5.32 Å². The maximum absolute atomic E-state index is 12.7. The van der Waals surface area contributed by atoms with Crippen LogP contribution in [0.3, 0.4) is 0 Å². The van der Waals surface area contributed by atoms with E-state index in [0.717, 1.165) is 0 Å². The highest BCUT2D eigenvalue weighted by Crippen LogP contribution is 2.39. The SMILES string of the molecule is Cc1ncnc(NC2CCC(C(C)C(F)(F)F)CC2)c1Cl. The number of aryl methyl sites for hydroxylation is 1. The van der Waals surface area contributed by atoms with Crippen molar-refractivity contribution in [3.63, 3.8) is 0 Å². The van der Waals surface area contributed by atoms with Crippen LogP contribution >= 0.6 is 11.6 Å². The van der Waals surface area contributed by atoms with Crippen LogP contribution in [-0.4, -0.2) is 22.2 Å². The molecule has 21 heavy (non-hydrogen) atoms. The van der Waals surface area contributed by atoms with Crippen LogP contribution in [0.5, 0.6) is 0 Å². The van der Waals surface area contributed by atoms with Gasteiger partial charge in [-0.05, 0) is 38.5 Å². The summed E-state index contributed by atoms with van der Waals surface area (Å²) in [6.07, 6.45) is -0.131. The number of rotatable bonds is 3. The van der Waals surface area contributed by atoms with E-state index in [1.54, 1.807) is 6.92 Å². The third-order valence-corrected chi connectivity index (χ3v) is 4.75. The molecule has 0 radical (unpaired) electrons. The summed E-state index contributed by atoms with van der Waals surface area (Å²) in [4.78, 5) is 8.08. The summed E-state index contributed by atoms with van der Waals surface area (Å²) in [6.45, 7) is 3.07. The van der Waals surface area contributed by atoms with E-state index in [0.29, 0.717) is 42.2 Å². The third kappa shape index (κ3) is 3.99. The van der Waals surface area contributed by atoms with Gasteiger partial charge in [0.05, 0.1) is 11.6 Å². The highest BCUT2D eigenvalue weighted by atomic mass is 35.5. The first-order valence-electron chi connectivity index (χ1n) is 7.09. The topological polar surface area (TPSA) is 37.8 Å². The van der Waals surface area contributed by atoms with E-state index in [1.165, 1.54) is 13.3 Å². The van der Waals surface area contributed by atoms with E-state index in [-0.39, 0.29) is 12.0 Å². The molecule has 2 rings (SSSR count). The lowest BCUT2D eigenvalue weighted by molar-refractivity contribution is -0.186. The van der Waals surface area contributed by atoms with Crippen molar-refractivity contribution in [3.8, 4) is 0 Å². The van der Waals surface area contributed by atoms with Gasteiger partial charge in [0.2, 0.25) is 0 Å². The van der Waals surface area contributed by atoms with Crippen LogP contribution in [0, 0.1) is 18.8 Å². The number of nitrogens with one attached hydrogen (secondary N) is 1. The second kappa shape index (κ2) is 6.38. The first kappa shape index (κ1) is 16.3. The molecule has 7 heteroatoms. The highest BCUT2D eigenvalue weighted by molar-refractivity contribution is 6.33. The van der Waals surface area contributed by atoms with Gasteiger partial charge in [0, 0.05) is 6.04 Å². The van der Waals surface area contributed by atoms with E-state index in [1.807, 2.05) is 0 Å². The minimum atomic E-state index is -4.10. The van der Waals surface area contributed by atoms with Crippen molar-refractivity contribution in [1.29, 1.82) is 0 Å². The Morgan fingerprint density at radius 2 is 1.86 bits per heavy atom. The molecule has 1 unspecified atom stereocenters. The van der Waals surface area contributed by atoms with Crippen molar-refractivity contribution in [1.82, 2.24) is 9.97 Å². The molecule has 0 spiro atoms. The predicted octanol–water partition coefficient (Wildman–Crippen LogP) is 4.61. The van der Waals surface area contributed by atoms with E-state index < -0.39 is 12.1 Å².